The van der Waals surface area contributed by atoms with Crippen molar-refractivity contribution in [2.45, 2.75) is 19.8 Å². The first-order valence-corrected chi connectivity index (χ1v) is 3.80. The Morgan fingerprint density at radius 3 is 2.14 bits per heavy atom. The number of esters is 1. The van der Waals surface area contributed by atoms with E-state index in [0.29, 0.717) is 0 Å². The Morgan fingerprint density at radius 2 is 1.71 bits per heavy atom. The van der Waals surface area contributed by atoms with Crippen molar-refractivity contribution < 1.29 is 29.0 Å². The molecule has 0 saturated heterocycles. The van der Waals surface area contributed by atoms with E-state index in [0.717, 1.165) is 0 Å². The van der Waals surface area contributed by atoms with Crippen LogP contribution in [0.25, 0.3) is 0 Å². The molecule has 0 saturated carbocycles. The van der Waals surface area contributed by atoms with Crippen LogP contribution >= 0.6 is 0 Å². The third kappa shape index (κ3) is 6.96. The van der Waals surface area contributed by atoms with Gasteiger partial charge in [-0.2, -0.15) is 0 Å². The summed E-state index contributed by atoms with van der Waals surface area (Å²) in [4.78, 5) is 41.8. The molecule has 0 aromatic carbocycles. The number of rotatable bonds is 6. The van der Waals surface area contributed by atoms with E-state index in [1.807, 2.05) is 0 Å². The minimum atomic E-state index is -1.28. The van der Waals surface area contributed by atoms with Crippen LogP contribution < -0.4 is 0 Å². The lowest BCUT2D eigenvalue weighted by atomic mass is 10.3. The molecule has 0 bridgehead atoms. The predicted molar refractivity (Wildman–Crippen MR) is 43.5 cm³/mol. The van der Waals surface area contributed by atoms with Crippen molar-refractivity contribution >= 4 is 23.5 Å². The van der Waals surface area contributed by atoms with Crippen molar-refractivity contribution in [1.82, 2.24) is 0 Å². The molecule has 0 unspecified atom stereocenters. The fraction of sp³-hybridized carbons (Fsp3) is 0.500. The lowest BCUT2D eigenvalue weighted by molar-refractivity contribution is -0.151. The number of Topliss-reactive ketones (excluding diaryl/α,β-unsaturated/α-hetero) is 2. The smallest absolute Gasteiger partial charge is 0.313 e. The van der Waals surface area contributed by atoms with Gasteiger partial charge in [-0.3, -0.25) is 19.2 Å². The van der Waals surface area contributed by atoms with Crippen molar-refractivity contribution in [2.75, 3.05) is 6.61 Å². The van der Waals surface area contributed by atoms with E-state index in [2.05, 4.69) is 4.74 Å². The van der Waals surface area contributed by atoms with Crippen LogP contribution in [0.15, 0.2) is 0 Å². The molecule has 0 radical (unpaired) electrons. The van der Waals surface area contributed by atoms with Gasteiger partial charge in [-0.1, -0.05) is 0 Å². The first kappa shape index (κ1) is 12.3. The number of carbonyl (C=O) groups is 4. The van der Waals surface area contributed by atoms with Crippen LogP contribution in [-0.4, -0.2) is 35.2 Å². The third-order valence-electron chi connectivity index (χ3n) is 1.14. The molecule has 6 heteroatoms. The quantitative estimate of drug-likeness (QED) is 0.462. The van der Waals surface area contributed by atoms with Crippen LogP contribution in [-0.2, 0) is 23.9 Å². The Labute approximate surface area is 79.8 Å². The molecule has 0 aromatic rings. The lowest BCUT2D eigenvalue weighted by Gasteiger charge is -2.00. The van der Waals surface area contributed by atoms with Crippen LogP contribution in [0.3, 0.4) is 0 Å². The maximum Gasteiger partial charge on any atom is 0.313 e. The van der Waals surface area contributed by atoms with Crippen LogP contribution in [0.2, 0.25) is 0 Å². The molecule has 0 aliphatic heterocycles. The normalized spacial score (nSPS) is 9.21. The van der Waals surface area contributed by atoms with Gasteiger partial charge in [0.05, 0.1) is 0 Å². The average molecular weight is 202 g/mol. The highest BCUT2D eigenvalue weighted by molar-refractivity contribution is 5.98. The number of aliphatic carboxylic acids is 1. The summed E-state index contributed by atoms with van der Waals surface area (Å²) in [6.07, 6.45) is -1.09. The van der Waals surface area contributed by atoms with E-state index in [1.54, 1.807) is 0 Å². The molecular weight excluding hydrogens is 192 g/mol. The average Bonchev–Trinajstić information content (AvgIpc) is 1.98. The van der Waals surface area contributed by atoms with E-state index < -0.39 is 37.2 Å². The summed E-state index contributed by atoms with van der Waals surface area (Å²) in [6.45, 7) is 0.610. The molecule has 1 N–H and O–H groups in total. The molecule has 0 heterocycles. The number of ether oxygens (including phenoxy) is 1. The zero-order chi connectivity index (χ0) is 11.1. The second-order valence-corrected chi connectivity index (χ2v) is 2.65. The maximum absolute atomic E-state index is 10.7. The van der Waals surface area contributed by atoms with Crippen molar-refractivity contribution in [3.8, 4) is 0 Å². The molecule has 6 nitrogen and oxygen atoms in total. The number of carboxylic acid groups (broad SMARTS) is 1. The standard InChI is InChI=1S/C8H10O6/c1-5(9)2-8(13)14-4-6(10)3-7(11)12/h2-4H2,1H3,(H,11,12). The number of hydrogen-bond acceptors (Lipinski definition) is 5. The number of carbonyl (C=O) groups excluding carboxylic acids is 3. The molecule has 0 spiro atoms. The first-order valence-electron chi connectivity index (χ1n) is 3.80. The van der Waals surface area contributed by atoms with Gasteiger partial charge in [-0.15, -0.1) is 0 Å². The van der Waals surface area contributed by atoms with E-state index in [9.17, 15) is 19.2 Å². The van der Waals surface area contributed by atoms with Crippen LogP contribution in [0.5, 0.6) is 0 Å². The van der Waals surface area contributed by atoms with Gasteiger partial charge < -0.3 is 9.84 Å². The maximum atomic E-state index is 10.7. The zero-order valence-electron chi connectivity index (χ0n) is 7.61. The van der Waals surface area contributed by atoms with Gasteiger partial charge in [0, 0.05) is 0 Å². The zero-order valence-corrected chi connectivity index (χ0v) is 7.61. The van der Waals surface area contributed by atoms with Crippen LogP contribution in [0, 0.1) is 0 Å². The van der Waals surface area contributed by atoms with Crippen LogP contribution in [0.4, 0.5) is 0 Å². The molecule has 78 valence electrons. The Kier molecular flexibility index (Phi) is 5.13. The molecular formula is C8H10O6. The molecule has 0 atom stereocenters. The third-order valence-corrected chi connectivity index (χ3v) is 1.14. The Hall–Kier alpha value is -1.72. The fourth-order valence-corrected chi connectivity index (χ4v) is 0.635. The van der Waals surface area contributed by atoms with Crippen molar-refractivity contribution in [1.29, 1.82) is 0 Å². The summed E-state index contributed by atoms with van der Waals surface area (Å²) in [5, 5.41) is 8.18. The highest BCUT2D eigenvalue weighted by Crippen LogP contribution is 1.90. The van der Waals surface area contributed by atoms with Crippen molar-refractivity contribution in [3.63, 3.8) is 0 Å². The van der Waals surface area contributed by atoms with Gasteiger partial charge in [-0.05, 0) is 6.92 Å². The minimum Gasteiger partial charge on any atom is -0.481 e. The SMILES string of the molecule is CC(=O)CC(=O)OCC(=O)CC(=O)O. The second-order valence-electron chi connectivity index (χ2n) is 2.65. The van der Waals surface area contributed by atoms with Gasteiger partial charge in [0.2, 0.25) is 0 Å². The molecule has 0 amide bonds. The highest BCUT2D eigenvalue weighted by Gasteiger charge is 2.12. The first-order chi connectivity index (χ1) is 6.41. The van der Waals surface area contributed by atoms with Gasteiger partial charge in [-0.25, -0.2) is 0 Å². The van der Waals surface area contributed by atoms with Crippen LogP contribution in [0.1, 0.15) is 19.8 Å². The Morgan fingerprint density at radius 1 is 1.14 bits per heavy atom. The van der Waals surface area contributed by atoms with E-state index in [-0.39, 0.29) is 5.78 Å². The van der Waals surface area contributed by atoms with Gasteiger partial charge in [0.1, 0.15) is 18.6 Å². The largest absolute Gasteiger partial charge is 0.481 e. The van der Waals surface area contributed by atoms with E-state index >= 15 is 0 Å². The number of carboxylic acids is 1. The summed E-state index contributed by atoms with van der Waals surface area (Å²) >= 11 is 0. The van der Waals surface area contributed by atoms with Gasteiger partial charge in [0.15, 0.2) is 12.4 Å². The highest BCUT2D eigenvalue weighted by atomic mass is 16.5. The molecule has 0 rings (SSSR count). The van der Waals surface area contributed by atoms with E-state index in [1.165, 1.54) is 6.92 Å². The van der Waals surface area contributed by atoms with Gasteiger partial charge >= 0.3 is 11.9 Å². The van der Waals surface area contributed by atoms with Gasteiger partial charge in [0.25, 0.3) is 0 Å². The predicted octanol–water partition coefficient (Wildman–Crippen LogP) is -0.448. The minimum absolute atomic E-state index is 0.374. The summed E-state index contributed by atoms with van der Waals surface area (Å²) in [6, 6.07) is 0. The topological polar surface area (TPSA) is 97.7 Å². The van der Waals surface area contributed by atoms with E-state index in [4.69, 9.17) is 5.11 Å². The van der Waals surface area contributed by atoms with Crippen molar-refractivity contribution in [2.24, 2.45) is 0 Å². The molecule has 0 aliphatic rings. The monoisotopic (exact) mass is 202 g/mol. The fourth-order valence-electron chi connectivity index (χ4n) is 0.635. The summed E-state index contributed by atoms with van der Waals surface area (Å²) < 4.78 is 4.34. The summed E-state index contributed by atoms with van der Waals surface area (Å²) in [5.74, 6) is -3.19. The van der Waals surface area contributed by atoms with Crippen molar-refractivity contribution in [3.05, 3.63) is 0 Å². The summed E-state index contributed by atoms with van der Waals surface area (Å²) in [5.41, 5.74) is 0. The number of ketones is 2. The number of hydrogen-bond donors (Lipinski definition) is 1. The molecule has 0 aromatic heterocycles. The molecule has 14 heavy (non-hydrogen) atoms. The molecule has 0 aliphatic carbocycles. The lowest BCUT2D eigenvalue weighted by Crippen LogP contribution is -2.17. The summed E-state index contributed by atoms with van der Waals surface area (Å²) in [7, 11) is 0. The Balaban J connectivity index is 3.72. The second kappa shape index (κ2) is 5.85. The molecule has 0 fully saturated rings. The Bertz CT molecular complexity index is 239.